The second-order valence-corrected chi connectivity index (χ2v) is 5.12. The van der Waals surface area contributed by atoms with Gasteiger partial charge in [-0.05, 0) is 43.5 Å². The highest BCUT2D eigenvalue weighted by Crippen LogP contribution is 2.15. The van der Waals surface area contributed by atoms with Crippen molar-refractivity contribution in [2.45, 2.75) is 25.4 Å². The molecule has 1 aromatic carbocycles. The fourth-order valence-electron chi connectivity index (χ4n) is 2.12. The number of anilines is 1. The van der Waals surface area contributed by atoms with Crippen LogP contribution in [0.15, 0.2) is 24.3 Å². The number of hydrogen-bond donors (Lipinski definition) is 1. The van der Waals surface area contributed by atoms with Crippen molar-refractivity contribution in [2.24, 2.45) is 0 Å². The highest BCUT2D eigenvalue weighted by Gasteiger charge is 2.24. The molecule has 1 atom stereocenters. The van der Waals surface area contributed by atoms with Crippen molar-refractivity contribution in [1.82, 2.24) is 5.32 Å². The fourth-order valence-corrected chi connectivity index (χ4v) is 2.12. The van der Waals surface area contributed by atoms with Gasteiger partial charge in [-0.3, -0.25) is 4.79 Å². The minimum absolute atomic E-state index is 0.194. The third kappa shape index (κ3) is 3.50. The average molecular weight is 276 g/mol. The van der Waals surface area contributed by atoms with Crippen LogP contribution < -0.4 is 10.2 Å². The summed E-state index contributed by atoms with van der Waals surface area (Å²) in [5.41, 5.74) is 1.47. The van der Waals surface area contributed by atoms with Crippen molar-refractivity contribution < 1.29 is 14.3 Å². The van der Waals surface area contributed by atoms with Crippen LogP contribution in [0.25, 0.3) is 0 Å². The van der Waals surface area contributed by atoms with E-state index in [0.717, 1.165) is 18.5 Å². The van der Waals surface area contributed by atoms with Gasteiger partial charge in [0, 0.05) is 26.3 Å². The Balaban J connectivity index is 2.01. The van der Waals surface area contributed by atoms with Crippen LogP contribution in [0.1, 0.15) is 29.6 Å². The maximum atomic E-state index is 12.0. The summed E-state index contributed by atoms with van der Waals surface area (Å²) in [4.78, 5) is 25.7. The van der Waals surface area contributed by atoms with E-state index in [1.54, 1.807) is 12.1 Å². The molecule has 1 heterocycles. The SMILES string of the molecule is CN(C)c1ccc(C(=O)O[C@@H]2CCCCNC2=O)cc1. The van der Waals surface area contributed by atoms with Crippen LogP contribution in [0.3, 0.4) is 0 Å². The molecule has 0 aromatic heterocycles. The van der Waals surface area contributed by atoms with Crippen LogP contribution in [0.5, 0.6) is 0 Å². The first kappa shape index (κ1) is 14.4. The molecule has 0 unspecified atom stereocenters. The largest absolute Gasteiger partial charge is 0.449 e. The predicted molar refractivity (Wildman–Crippen MR) is 76.8 cm³/mol. The zero-order valence-electron chi connectivity index (χ0n) is 11.9. The van der Waals surface area contributed by atoms with E-state index in [2.05, 4.69) is 5.32 Å². The van der Waals surface area contributed by atoms with Gasteiger partial charge in [0.1, 0.15) is 0 Å². The zero-order chi connectivity index (χ0) is 14.5. The van der Waals surface area contributed by atoms with Gasteiger partial charge in [0.15, 0.2) is 6.10 Å². The first-order valence-electron chi connectivity index (χ1n) is 6.84. The topological polar surface area (TPSA) is 58.6 Å². The molecule has 0 bridgehead atoms. The van der Waals surface area contributed by atoms with E-state index in [4.69, 9.17) is 4.74 Å². The summed E-state index contributed by atoms with van der Waals surface area (Å²) in [6, 6.07) is 7.13. The van der Waals surface area contributed by atoms with E-state index >= 15 is 0 Å². The molecule has 1 aliphatic rings. The Hall–Kier alpha value is -2.04. The molecule has 0 spiro atoms. The molecule has 1 fully saturated rings. The van der Waals surface area contributed by atoms with E-state index in [-0.39, 0.29) is 5.91 Å². The third-order valence-corrected chi connectivity index (χ3v) is 3.35. The Morgan fingerprint density at radius 2 is 1.95 bits per heavy atom. The maximum absolute atomic E-state index is 12.0. The van der Waals surface area contributed by atoms with Crippen molar-refractivity contribution in [3.05, 3.63) is 29.8 Å². The van der Waals surface area contributed by atoms with E-state index in [1.807, 2.05) is 31.1 Å². The first-order valence-corrected chi connectivity index (χ1v) is 6.84. The zero-order valence-corrected chi connectivity index (χ0v) is 11.9. The fraction of sp³-hybridized carbons (Fsp3) is 0.467. The lowest BCUT2D eigenvalue weighted by Crippen LogP contribution is -2.36. The highest BCUT2D eigenvalue weighted by atomic mass is 16.5. The van der Waals surface area contributed by atoms with Crippen molar-refractivity contribution >= 4 is 17.6 Å². The summed E-state index contributed by atoms with van der Waals surface area (Å²) < 4.78 is 5.31. The Labute approximate surface area is 118 Å². The maximum Gasteiger partial charge on any atom is 0.338 e. The van der Waals surface area contributed by atoms with Crippen molar-refractivity contribution in [3.63, 3.8) is 0 Å². The minimum Gasteiger partial charge on any atom is -0.449 e. The summed E-state index contributed by atoms with van der Waals surface area (Å²) in [5.74, 6) is -0.641. The van der Waals surface area contributed by atoms with Crippen LogP contribution in [0.2, 0.25) is 0 Å². The highest BCUT2D eigenvalue weighted by molar-refractivity contribution is 5.92. The van der Waals surface area contributed by atoms with Gasteiger partial charge < -0.3 is 15.0 Å². The molecule has 2 rings (SSSR count). The molecule has 1 aromatic rings. The molecular formula is C15H20N2O3. The van der Waals surface area contributed by atoms with Crippen LogP contribution in [-0.2, 0) is 9.53 Å². The number of carbonyl (C=O) groups is 2. The van der Waals surface area contributed by atoms with E-state index in [0.29, 0.717) is 18.5 Å². The quantitative estimate of drug-likeness (QED) is 0.852. The molecule has 1 N–H and O–H groups in total. The molecule has 0 aliphatic carbocycles. The summed E-state index contributed by atoms with van der Waals surface area (Å²) in [5, 5.41) is 2.75. The summed E-state index contributed by atoms with van der Waals surface area (Å²) in [7, 11) is 3.87. The first-order chi connectivity index (χ1) is 9.58. The molecular weight excluding hydrogens is 256 g/mol. The van der Waals surface area contributed by atoms with Gasteiger partial charge in [0.05, 0.1) is 5.56 Å². The summed E-state index contributed by atoms with van der Waals surface area (Å²) in [6.45, 7) is 0.657. The van der Waals surface area contributed by atoms with Crippen molar-refractivity contribution in [1.29, 1.82) is 0 Å². The lowest BCUT2D eigenvalue weighted by molar-refractivity contribution is -0.129. The molecule has 0 radical (unpaired) electrons. The number of esters is 1. The second-order valence-electron chi connectivity index (χ2n) is 5.12. The predicted octanol–water partition coefficient (Wildman–Crippen LogP) is 1.58. The molecule has 5 heteroatoms. The van der Waals surface area contributed by atoms with E-state index < -0.39 is 12.1 Å². The van der Waals surface area contributed by atoms with Crippen LogP contribution in [0, 0.1) is 0 Å². The monoisotopic (exact) mass is 276 g/mol. The summed E-state index contributed by atoms with van der Waals surface area (Å²) >= 11 is 0. The lowest BCUT2D eigenvalue weighted by Gasteiger charge is -2.15. The number of carbonyl (C=O) groups excluding carboxylic acids is 2. The number of hydrogen-bond acceptors (Lipinski definition) is 4. The van der Waals surface area contributed by atoms with E-state index in [1.165, 1.54) is 0 Å². The Morgan fingerprint density at radius 3 is 2.60 bits per heavy atom. The molecule has 1 saturated heterocycles. The number of nitrogens with one attached hydrogen (secondary N) is 1. The summed E-state index contributed by atoms with van der Waals surface area (Å²) in [6.07, 6.45) is 1.74. The smallest absolute Gasteiger partial charge is 0.338 e. The molecule has 1 aliphatic heterocycles. The molecule has 0 saturated carbocycles. The van der Waals surface area contributed by atoms with Crippen LogP contribution in [0.4, 0.5) is 5.69 Å². The van der Waals surface area contributed by atoms with Gasteiger partial charge in [-0.2, -0.15) is 0 Å². The lowest BCUT2D eigenvalue weighted by atomic mass is 10.1. The molecule has 20 heavy (non-hydrogen) atoms. The minimum atomic E-state index is -0.668. The van der Waals surface area contributed by atoms with E-state index in [9.17, 15) is 9.59 Å². The van der Waals surface area contributed by atoms with Gasteiger partial charge >= 0.3 is 5.97 Å². The molecule has 1 amide bonds. The van der Waals surface area contributed by atoms with Crippen molar-refractivity contribution in [2.75, 3.05) is 25.5 Å². The van der Waals surface area contributed by atoms with Crippen LogP contribution >= 0.6 is 0 Å². The number of benzene rings is 1. The number of amides is 1. The van der Waals surface area contributed by atoms with Gasteiger partial charge in [-0.15, -0.1) is 0 Å². The van der Waals surface area contributed by atoms with Crippen molar-refractivity contribution in [3.8, 4) is 0 Å². The Morgan fingerprint density at radius 1 is 1.25 bits per heavy atom. The molecule has 5 nitrogen and oxygen atoms in total. The Bertz CT molecular complexity index is 482. The average Bonchev–Trinajstić information content (AvgIpc) is 2.64. The van der Waals surface area contributed by atoms with Gasteiger partial charge in [0.2, 0.25) is 0 Å². The number of nitrogens with zero attached hydrogens (tertiary/aromatic N) is 1. The third-order valence-electron chi connectivity index (χ3n) is 3.35. The van der Waals surface area contributed by atoms with Gasteiger partial charge in [0.25, 0.3) is 5.91 Å². The Kier molecular flexibility index (Phi) is 4.61. The van der Waals surface area contributed by atoms with Crippen LogP contribution in [-0.4, -0.2) is 38.6 Å². The van der Waals surface area contributed by atoms with Gasteiger partial charge in [-0.1, -0.05) is 0 Å². The number of ether oxygens (including phenoxy) is 1. The van der Waals surface area contributed by atoms with Gasteiger partial charge in [-0.25, -0.2) is 4.79 Å². The molecule has 108 valence electrons. The number of rotatable bonds is 3. The second kappa shape index (κ2) is 6.41. The standard InChI is InChI=1S/C15H20N2O3/c1-17(2)12-8-6-11(7-9-12)15(19)20-13-5-3-4-10-16-14(13)18/h6-9,13H,3-5,10H2,1-2H3,(H,16,18)/t13-/m1/s1. The normalized spacial score (nSPS) is 18.9.